The first-order valence-corrected chi connectivity index (χ1v) is 6.44. The van der Waals surface area contributed by atoms with Crippen LogP contribution in [0.3, 0.4) is 0 Å². The molecule has 2 N–H and O–H groups in total. The molecule has 18 heavy (non-hydrogen) atoms. The van der Waals surface area contributed by atoms with E-state index < -0.39 is 5.60 Å². The number of amides is 1. The fourth-order valence-corrected chi connectivity index (χ4v) is 2.51. The van der Waals surface area contributed by atoms with Gasteiger partial charge in [0.2, 0.25) is 0 Å². The van der Waals surface area contributed by atoms with Crippen molar-refractivity contribution in [1.82, 2.24) is 5.32 Å². The van der Waals surface area contributed by atoms with Crippen LogP contribution in [0.1, 0.15) is 38.3 Å². The van der Waals surface area contributed by atoms with Gasteiger partial charge in [-0.25, -0.2) is 0 Å². The Morgan fingerprint density at radius 2 is 2.22 bits per heavy atom. The number of carbonyl (C=O) groups excluding carboxylic acids is 1. The van der Waals surface area contributed by atoms with Gasteiger partial charge in [0.05, 0.1) is 5.69 Å². The number of fused-ring (bicyclic) bond motifs is 1. The molecule has 0 bridgehead atoms. The van der Waals surface area contributed by atoms with Gasteiger partial charge in [-0.3, -0.25) is 4.79 Å². The van der Waals surface area contributed by atoms with Crippen LogP contribution in [0.15, 0.2) is 18.2 Å². The summed E-state index contributed by atoms with van der Waals surface area (Å²) < 4.78 is 5.79. The van der Waals surface area contributed by atoms with Gasteiger partial charge in [0.15, 0.2) is 5.60 Å². The van der Waals surface area contributed by atoms with Gasteiger partial charge in [0.1, 0.15) is 5.75 Å². The topological polar surface area (TPSA) is 50.4 Å². The second-order valence-corrected chi connectivity index (χ2v) is 5.47. The first kappa shape index (κ1) is 11.5. The monoisotopic (exact) mass is 246 g/mol. The quantitative estimate of drug-likeness (QED) is 0.799. The first-order valence-electron chi connectivity index (χ1n) is 6.44. The Labute approximate surface area is 107 Å². The van der Waals surface area contributed by atoms with Crippen LogP contribution in [-0.4, -0.2) is 18.1 Å². The highest BCUT2D eigenvalue weighted by Gasteiger charge is 2.35. The lowest BCUT2D eigenvalue weighted by Crippen LogP contribution is -2.45. The third kappa shape index (κ3) is 1.86. The van der Waals surface area contributed by atoms with E-state index >= 15 is 0 Å². The second-order valence-electron chi connectivity index (χ2n) is 5.47. The zero-order valence-electron chi connectivity index (χ0n) is 10.7. The first-order chi connectivity index (χ1) is 8.56. The number of hydrogen-bond donors (Lipinski definition) is 2. The number of rotatable bonds is 1. The smallest absolute Gasteiger partial charge is 0.268 e. The Bertz CT molecular complexity index is 491. The highest BCUT2D eigenvalue weighted by molar-refractivity contribution is 6.00. The Morgan fingerprint density at radius 1 is 1.39 bits per heavy atom. The van der Waals surface area contributed by atoms with Crippen LogP contribution in [0, 0.1) is 0 Å². The summed E-state index contributed by atoms with van der Waals surface area (Å²) in [5.41, 5.74) is 1.20. The Morgan fingerprint density at radius 3 is 2.94 bits per heavy atom. The van der Waals surface area contributed by atoms with E-state index in [1.165, 1.54) is 12.0 Å². The number of carbonyl (C=O) groups is 1. The molecule has 0 aliphatic carbocycles. The van der Waals surface area contributed by atoms with Gasteiger partial charge in [-0.05, 0) is 50.9 Å². The van der Waals surface area contributed by atoms with E-state index in [9.17, 15) is 4.79 Å². The standard InChI is InChI=1S/C14H18N2O2/c1-14(2)13(17)16-11-6-5-9(8-12(11)18-14)10-4-3-7-15-10/h5-6,8,10,15H,3-4,7H2,1-2H3,(H,16,17). The molecule has 1 unspecified atom stereocenters. The van der Waals surface area contributed by atoms with E-state index in [0.29, 0.717) is 6.04 Å². The molecule has 96 valence electrons. The maximum Gasteiger partial charge on any atom is 0.268 e. The molecular formula is C14H18N2O2. The van der Waals surface area contributed by atoms with Gasteiger partial charge in [0, 0.05) is 6.04 Å². The molecule has 2 aliphatic heterocycles. The van der Waals surface area contributed by atoms with Crippen LogP contribution in [-0.2, 0) is 4.79 Å². The summed E-state index contributed by atoms with van der Waals surface area (Å²) in [4.78, 5) is 11.8. The normalized spacial score (nSPS) is 25.2. The van der Waals surface area contributed by atoms with Crippen LogP contribution in [0.4, 0.5) is 5.69 Å². The molecule has 0 radical (unpaired) electrons. The van der Waals surface area contributed by atoms with Gasteiger partial charge in [0.25, 0.3) is 5.91 Å². The van der Waals surface area contributed by atoms with Crippen molar-refractivity contribution in [3.63, 3.8) is 0 Å². The number of anilines is 1. The summed E-state index contributed by atoms with van der Waals surface area (Å²) in [6.07, 6.45) is 2.37. The third-order valence-electron chi connectivity index (χ3n) is 3.63. The van der Waals surface area contributed by atoms with Gasteiger partial charge in [-0.2, -0.15) is 0 Å². The summed E-state index contributed by atoms with van der Waals surface area (Å²) in [5, 5.41) is 6.35. The number of benzene rings is 1. The van der Waals surface area contributed by atoms with Gasteiger partial charge in [-0.15, -0.1) is 0 Å². The molecule has 0 spiro atoms. The molecule has 4 heteroatoms. The maximum atomic E-state index is 11.8. The highest BCUT2D eigenvalue weighted by atomic mass is 16.5. The lowest BCUT2D eigenvalue weighted by molar-refractivity contribution is -0.129. The van der Waals surface area contributed by atoms with Crippen LogP contribution in [0.2, 0.25) is 0 Å². The van der Waals surface area contributed by atoms with Crippen molar-refractivity contribution in [2.24, 2.45) is 0 Å². The van der Waals surface area contributed by atoms with Crippen molar-refractivity contribution in [3.05, 3.63) is 23.8 Å². The molecule has 1 saturated heterocycles. The number of nitrogens with one attached hydrogen (secondary N) is 2. The van der Waals surface area contributed by atoms with Crippen molar-refractivity contribution in [1.29, 1.82) is 0 Å². The predicted octanol–water partition coefficient (Wildman–Crippen LogP) is 2.22. The summed E-state index contributed by atoms with van der Waals surface area (Å²) in [6, 6.07) is 6.45. The molecule has 3 rings (SSSR count). The molecule has 1 aromatic carbocycles. The molecule has 4 nitrogen and oxygen atoms in total. The minimum Gasteiger partial charge on any atom is -0.476 e. The van der Waals surface area contributed by atoms with E-state index in [4.69, 9.17) is 4.74 Å². The fourth-order valence-electron chi connectivity index (χ4n) is 2.51. The van der Waals surface area contributed by atoms with Gasteiger partial charge >= 0.3 is 0 Å². The van der Waals surface area contributed by atoms with E-state index in [1.54, 1.807) is 13.8 Å². The van der Waals surface area contributed by atoms with Gasteiger partial charge < -0.3 is 15.4 Å². The zero-order chi connectivity index (χ0) is 12.8. The minimum atomic E-state index is -0.797. The van der Waals surface area contributed by atoms with Crippen molar-refractivity contribution >= 4 is 11.6 Å². The largest absolute Gasteiger partial charge is 0.476 e. The average molecular weight is 246 g/mol. The van der Waals surface area contributed by atoms with Crippen molar-refractivity contribution < 1.29 is 9.53 Å². The average Bonchev–Trinajstić information content (AvgIpc) is 2.83. The summed E-state index contributed by atoms with van der Waals surface area (Å²) in [5.74, 6) is 0.674. The fraction of sp³-hybridized carbons (Fsp3) is 0.500. The molecule has 1 atom stereocenters. The van der Waals surface area contributed by atoms with E-state index in [0.717, 1.165) is 24.4 Å². The van der Waals surface area contributed by atoms with Gasteiger partial charge in [-0.1, -0.05) is 6.07 Å². The van der Waals surface area contributed by atoms with Crippen LogP contribution in [0.5, 0.6) is 5.75 Å². The molecule has 1 fully saturated rings. The molecule has 0 aromatic heterocycles. The summed E-state index contributed by atoms with van der Waals surface area (Å²) in [6.45, 7) is 4.64. The minimum absolute atomic E-state index is 0.0956. The van der Waals surface area contributed by atoms with E-state index in [1.807, 2.05) is 12.1 Å². The van der Waals surface area contributed by atoms with Crippen LogP contribution >= 0.6 is 0 Å². The Balaban J connectivity index is 1.93. The SMILES string of the molecule is CC1(C)Oc2cc(C3CCCN3)ccc2NC1=O. The summed E-state index contributed by atoms with van der Waals surface area (Å²) >= 11 is 0. The Kier molecular flexibility index (Phi) is 2.55. The van der Waals surface area contributed by atoms with Crippen LogP contribution < -0.4 is 15.4 Å². The molecule has 1 aromatic rings. The third-order valence-corrected chi connectivity index (χ3v) is 3.63. The maximum absolute atomic E-state index is 11.8. The Hall–Kier alpha value is -1.55. The lowest BCUT2D eigenvalue weighted by Gasteiger charge is -2.32. The number of hydrogen-bond acceptors (Lipinski definition) is 3. The molecular weight excluding hydrogens is 228 g/mol. The van der Waals surface area contributed by atoms with Crippen molar-refractivity contribution in [2.75, 3.05) is 11.9 Å². The number of ether oxygens (including phenoxy) is 1. The summed E-state index contributed by atoms with van der Waals surface area (Å²) in [7, 11) is 0. The molecule has 2 aliphatic rings. The molecule has 2 heterocycles. The van der Waals surface area contributed by atoms with Crippen molar-refractivity contribution in [3.8, 4) is 5.75 Å². The van der Waals surface area contributed by atoms with Crippen molar-refractivity contribution in [2.45, 2.75) is 38.3 Å². The molecule has 0 saturated carbocycles. The van der Waals surface area contributed by atoms with E-state index in [-0.39, 0.29) is 5.91 Å². The highest BCUT2D eigenvalue weighted by Crippen LogP contribution is 2.36. The van der Waals surface area contributed by atoms with Crippen LogP contribution in [0.25, 0.3) is 0 Å². The van der Waals surface area contributed by atoms with E-state index in [2.05, 4.69) is 16.7 Å². The zero-order valence-corrected chi connectivity index (χ0v) is 10.7. The molecule has 1 amide bonds. The predicted molar refractivity (Wildman–Crippen MR) is 69.8 cm³/mol. The second kappa shape index (κ2) is 3.99. The lowest BCUT2D eigenvalue weighted by atomic mass is 10.0.